The zero-order valence-electron chi connectivity index (χ0n) is 6.29. The van der Waals surface area contributed by atoms with E-state index in [0.29, 0.717) is 0 Å². The third-order valence-corrected chi connectivity index (χ3v) is 1.09. The molecular formula is C7H11BO3. The summed E-state index contributed by atoms with van der Waals surface area (Å²) in [5, 5.41) is 0. The van der Waals surface area contributed by atoms with Gasteiger partial charge in [-0.2, -0.15) is 0 Å². The Morgan fingerprint density at radius 2 is 1.91 bits per heavy atom. The number of ether oxygens (including phenoxy) is 1. The van der Waals surface area contributed by atoms with E-state index in [2.05, 4.69) is 0 Å². The van der Waals surface area contributed by atoms with Crippen LogP contribution in [0.5, 0.6) is 5.75 Å². The van der Waals surface area contributed by atoms with Gasteiger partial charge in [-0.05, 0) is 12.1 Å². The molecule has 0 aliphatic carbocycles. The minimum atomic E-state index is 0. The Kier molecular flexibility index (Phi) is 6.63. The van der Waals surface area contributed by atoms with Crippen LogP contribution < -0.4 is 10.2 Å². The van der Waals surface area contributed by atoms with Crippen LogP contribution in [0.2, 0.25) is 0 Å². The molecular weight excluding hydrogens is 143 g/mol. The van der Waals surface area contributed by atoms with Crippen molar-refractivity contribution >= 4 is 13.3 Å². The SMILES string of the molecule is O.O.[B]c1cccc(OC)c1. The summed E-state index contributed by atoms with van der Waals surface area (Å²) < 4.78 is 4.92. The van der Waals surface area contributed by atoms with Crippen LogP contribution in [0.15, 0.2) is 24.3 Å². The van der Waals surface area contributed by atoms with Crippen LogP contribution in [0.25, 0.3) is 0 Å². The van der Waals surface area contributed by atoms with Crippen molar-refractivity contribution in [3.8, 4) is 5.75 Å². The van der Waals surface area contributed by atoms with E-state index in [-0.39, 0.29) is 11.0 Å². The van der Waals surface area contributed by atoms with Crippen molar-refractivity contribution in [3.05, 3.63) is 24.3 Å². The van der Waals surface area contributed by atoms with Gasteiger partial charge in [-0.3, -0.25) is 0 Å². The van der Waals surface area contributed by atoms with Gasteiger partial charge in [-0.1, -0.05) is 17.6 Å². The van der Waals surface area contributed by atoms with Crippen molar-refractivity contribution in [2.75, 3.05) is 7.11 Å². The zero-order valence-corrected chi connectivity index (χ0v) is 6.29. The Morgan fingerprint density at radius 3 is 2.27 bits per heavy atom. The van der Waals surface area contributed by atoms with Gasteiger partial charge in [0.1, 0.15) is 13.6 Å². The topological polar surface area (TPSA) is 72.2 Å². The van der Waals surface area contributed by atoms with Gasteiger partial charge in [0.2, 0.25) is 0 Å². The van der Waals surface area contributed by atoms with E-state index >= 15 is 0 Å². The molecule has 0 heterocycles. The largest absolute Gasteiger partial charge is 0.497 e. The fourth-order valence-electron chi connectivity index (χ4n) is 0.642. The Bertz CT molecular complexity index is 203. The fourth-order valence-corrected chi connectivity index (χ4v) is 0.642. The second kappa shape index (κ2) is 5.76. The van der Waals surface area contributed by atoms with Crippen LogP contribution >= 0.6 is 0 Å². The molecule has 1 aromatic rings. The summed E-state index contributed by atoms with van der Waals surface area (Å²) in [4.78, 5) is 0. The lowest BCUT2D eigenvalue weighted by Gasteiger charge is -1.98. The summed E-state index contributed by atoms with van der Waals surface area (Å²) >= 11 is 0. The molecule has 0 saturated heterocycles. The summed E-state index contributed by atoms with van der Waals surface area (Å²) in [6, 6.07) is 7.31. The predicted octanol–water partition coefficient (Wildman–Crippen LogP) is -1.16. The Hall–Kier alpha value is -0.995. The van der Waals surface area contributed by atoms with Crippen molar-refractivity contribution in [1.82, 2.24) is 0 Å². The molecule has 0 aliphatic rings. The van der Waals surface area contributed by atoms with Crippen molar-refractivity contribution in [2.24, 2.45) is 0 Å². The summed E-state index contributed by atoms with van der Waals surface area (Å²) in [5.41, 5.74) is 0.731. The third kappa shape index (κ3) is 3.65. The first-order valence-corrected chi connectivity index (χ1v) is 2.72. The third-order valence-electron chi connectivity index (χ3n) is 1.09. The molecule has 60 valence electrons. The molecule has 1 aromatic carbocycles. The number of hydrogen-bond donors (Lipinski definition) is 0. The van der Waals surface area contributed by atoms with Crippen molar-refractivity contribution in [3.63, 3.8) is 0 Å². The van der Waals surface area contributed by atoms with Crippen molar-refractivity contribution in [1.29, 1.82) is 0 Å². The number of rotatable bonds is 1. The van der Waals surface area contributed by atoms with E-state index < -0.39 is 0 Å². The highest BCUT2D eigenvalue weighted by Gasteiger charge is 1.86. The van der Waals surface area contributed by atoms with Crippen molar-refractivity contribution in [2.45, 2.75) is 0 Å². The molecule has 0 aromatic heterocycles. The molecule has 0 unspecified atom stereocenters. The van der Waals surface area contributed by atoms with E-state index in [1.165, 1.54) is 0 Å². The van der Waals surface area contributed by atoms with Gasteiger partial charge in [0.05, 0.1) is 7.11 Å². The van der Waals surface area contributed by atoms with E-state index in [0.717, 1.165) is 11.2 Å². The highest BCUT2D eigenvalue weighted by Crippen LogP contribution is 2.03. The minimum absolute atomic E-state index is 0. The molecule has 0 saturated carbocycles. The predicted molar refractivity (Wildman–Crippen MR) is 45.6 cm³/mol. The highest BCUT2D eigenvalue weighted by atomic mass is 16.5. The number of benzene rings is 1. The quantitative estimate of drug-likeness (QED) is 0.470. The van der Waals surface area contributed by atoms with Gasteiger partial charge in [0.25, 0.3) is 0 Å². The lowest BCUT2D eigenvalue weighted by molar-refractivity contribution is 0.415. The lowest BCUT2D eigenvalue weighted by atomic mass is 9.96. The molecule has 3 nitrogen and oxygen atoms in total. The molecule has 2 radical (unpaired) electrons. The second-order valence-corrected chi connectivity index (χ2v) is 1.78. The normalized spacial score (nSPS) is 7.36. The summed E-state index contributed by atoms with van der Waals surface area (Å²) in [6.07, 6.45) is 0. The average Bonchev–Trinajstić information content (AvgIpc) is 1.88. The monoisotopic (exact) mass is 154 g/mol. The molecule has 0 bridgehead atoms. The fraction of sp³-hybridized carbons (Fsp3) is 0.143. The maximum Gasteiger partial charge on any atom is 0.118 e. The van der Waals surface area contributed by atoms with E-state index in [1.807, 2.05) is 18.2 Å². The average molecular weight is 154 g/mol. The molecule has 1 rings (SSSR count). The first-order chi connectivity index (χ1) is 4.33. The van der Waals surface area contributed by atoms with Gasteiger partial charge in [0.15, 0.2) is 0 Å². The van der Waals surface area contributed by atoms with Crippen LogP contribution in [0.1, 0.15) is 0 Å². The molecule has 0 atom stereocenters. The van der Waals surface area contributed by atoms with Gasteiger partial charge in [0, 0.05) is 0 Å². The Balaban J connectivity index is 0. The molecule has 4 N–H and O–H groups in total. The molecule has 0 spiro atoms. The molecule has 0 amide bonds. The van der Waals surface area contributed by atoms with Crippen LogP contribution in [0, 0.1) is 0 Å². The first kappa shape index (κ1) is 12.7. The smallest absolute Gasteiger partial charge is 0.118 e. The zero-order chi connectivity index (χ0) is 6.69. The van der Waals surface area contributed by atoms with Gasteiger partial charge < -0.3 is 15.7 Å². The number of methoxy groups -OCH3 is 1. The molecule has 0 fully saturated rings. The standard InChI is InChI=1S/C7H7BO.2H2O/c1-9-7-4-2-3-6(8)5-7;;/h2-5H,1H3;2*1H2. The van der Waals surface area contributed by atoms with E-state index in [9.17, 15) is 0 Å². The van der Waals surface area contributed by atoms with E-state index in [1.54, 1.807) is 13.2 Å². The Labute approximate surface area is 67.0 Å². The summed E-state index contributed by atoms with van der Waals surface area (Å²) in [6.45, 7) is 0. The van der Waals surface area contributed by atoms with Crippen LogP contribution in [-0.4, -0.2) is 25.9 Å². The lowest BCUT2D eigenvalue weighted by Crippen LogP contribution is -2.00. The molecule has 0 aliphatic heterocycles. The second-order valence-electron chi connectivity index (χ2n) is 1.78. The van der Waals surface area contributed by atoms with Gasteiger partial charge in [-0.25, -0.2) is 0 Å². The molecule has 11 heavy (non-hydrogen) atoms. The Morgan fingerprint density at radius 1 is 1.27 bits per heavy atom. The maximum atomic E-state index is 5.45. The van der Waals surface area contributed by atoms with E-state index in [4.69, 9.17) is 12.6 Å². The van der Waals surface area contributed by atoms with Gasteiger partial charge >= 0.3 is 0 Å². The van der Waals surface area contributed by atoms with Gasteiger partial charge in [-0.15, -0.1) is 0 Å². The maximum absolute atomic E-state index is 5.45. The van der Waals surface area contributed by atoms with Crippen LogP contribution in [0.3, 0.4) is 0 Å². The highest BCUT2D eigenvalue weighted by molar-refractivity contribution is 6.32. The van der Waals surface area contributed by atoms with Crippen LogP contribution in [-0.2, 0) is 0 Å². The summed E-state index contributed by atoms with van der Waals surface area (Å²) in [5.74, 6) is 0.801. The minimum Gasteiger partial charge on any atom is -0.497 e. The van der Waals surface area contributed by atoms with Crippen LogP contribution in [0.4, 0.5) is 0 Å². The summed E-state index contributed by atoms with van der Waals surface area (Å²) in [7, 11) is 7.07. The number of hydrogen-bond acceptors (Lipinski definition) is 1. The first-order valence-electron chi connectivity index (χ1n) is 2.72. The van der Waals surface area contributed by atoms with Crippen molar-refractivity contribution < 1.29 is 15.7 Å². The molecule has 4 heteroatoms.